The van der Waals surface area contributed by atoms with Crippen LogP contribution in [0.15, 0.2) is 60.0 Å². The van der Waals surface area contributed by atoms with Gasteiger partial charge in [0, 0.05) is 29.6 Å². The Kier molecular flexibility index (Phi) is 4.84. The molecule has 6 rings (SSSR count). The summed E-state index contributed by atoms with van der Waals surface area (Å²) in [5, 5.41) is 7.26. The Morgan fingerprint density at radius 2 is 1.88 bits per heavy atom. The van der Waals surface area contributed by atoms with Crippen molar-refractivity contribution in [3.05, 3.63) is 66.2 Å². The van der Waals surface area contributed by atoms with E-state index < -0.39 is 9.84 Å². The van der Waals surface area contributed by atoms with Crippen molar-refractivity contribution in [1.29, 1.82) is 0 Å². The summed E-state index contributed by atoms with van der Waals surface area (Å²) in [7, 11) is -3.35. The van der Waals surface area contributed by atoms with E-state index >= 15 is 0 Å². The first-order chi connectivity index (χ1) is 16.4. The van der Waals surface area contributed by atoms with Gasteiger partial charge in [-0.25, -0.2) is 18.1 Å². The zero-order valence-electron chi connectivity index (χ0n) is 18.8. The molecule has 174 valence electrons. The molecule has 0 bridgehead atoms. The number of sulfone groups is 1. The Morgan fingerprint density at radius 3 is 2.62 bits per heavy atom. The topological polar surface area (TPSA) is 98.4 Å². The third-order valence-corrected chi connectivity index (χ3v) is 9.07. The monoisotopic (exact) mass is 475 g/mol. The quantitative estimate of drug-likeness (QED) is 0.458. The molecule has 4 aromatic rings. The average Bonchev–Trinajstić information content (AvgIpc) is 3.29. The van der Waals surface area contributed by atoms with E-state index in [0.717, 1.165) is 48.8 Å². The molecule has 0 atom stereocenters. The Labute approximate surface area is 197 Å². The lowest BCUT2D eigenvalue weighted by Gasteiger charge is -2.25. The molecule has 9 heteroatoms. The number of nitrogens with one attached hydrogen (secondary N) is 1. The van der Waals surface area contributed by atoms with Gasteiger partial charge < -0.3 is 5.32 Å². The number of fused-ring (bicyclic) bond motifs is 1. The summed E-state index contributed by atoms with van der Waals surface area (Å²) in [6.45, 7) is 2.00. The zero-order valence-corrected chi connectivity index (χ0v) is 19.6. The molecule has 2 saturated carbocycles. The summed E-state index contributed by atoms with van der Waals surface area (Å²) in [6, 6.07) is 9.34. The Balaban J connectivity index is 1.35. The molecule has 34 heavy (non-hydrogen) atoms. The second kappa shape index (κ2) is 7.80. The standard InChI is InChI=1S/C25H25N5O3S/c1-16-5-6-17(25(31)28-19-7-8-19)11-22(16)18-12-27-30(14-18)24-13-26-23-10-9-21(15-29(23)24)34(32,33)20-3-2-4-20/h5-6,9-15,19-20H,2-4,7-8H2,1H3,(H,28,31). The van der Waals surface area contributed by atoms with Gasteiger partial charge in [0.05, 0.1) is 22.5 Å². The minimum atomic E-state index is -3.35. The fraction of sp³-hybridized carbons (Fsp3) is 0.320. The van der Waals surface area contributed by atoms with Crippen LogP contribution < -0.4 is 5.32 Å². The van der Waals surface area contributed by atoms with E-state index in [1.807, 2.05) is 31.3 Å². The van der Waals surface area contributed by atoms with Gasteiger partial charge in [0.2, 0.25) is 0 Å². The Morgan fingerprint density at radius 1 is 1.06 bits per heavy atom. The van der Waals surface area contributed by atoms with E-state index in [9.17, 15) is 13.2 Å². The molecule has 0 radical (unpaired) electrons. The molecule has 2 aliphatic rings. The first kappa shape index (κ1) is 21.1. The first-order valence-electron chi connectivity index (χ1n) is 11.6. The summed E-state index contributed by atoms with van der Waals surface area (Å²) in [6.07, 6.45) is 11.4. The number of rotatable bonds is 6. The van der Waals surface area contributed by atoms with Gasteiger partial charge in [-0.05, 0) is 68.0 Å². The number of carbonyl (C=O) groups is 1. The maximum atomic E-state index is 12.9. The average molecular weight is 476 g/mol. The number of nitrogens with zero attached hydrogens (tertiary/aromatic N) is 4. The van der Waals surface area contributed by atoms with Gasteiger partial charge in [0.1, 0.15) is 5.65 Å². The van der Waals surface area contributed by atoms with Crippen molar-refractivity contribution < 1.29 is 13.2 Å². The second-order valence-electron chi connectivity index (χ2n) is 9.26. The molecule has 1 N–H and O–H groups in total. The van der Waals surface area contributed by atoms with E-state index in [4.69, 9.17) is 0 Å². The van der Waals surface area contributed by atoms with E-state index in [-0.39, 0.29) is 11.2 Å². The van der Waals surface area contributed by atoms with Gasteiger partial charge in [0.15, 0.2) is 15.7 Å². The molecule has 2 fully saturated rings. The van der Waals surface area contributed by atoms with Crippen molar-refractivity contribution in [2.45, 2.75) is 55.2 Å². The number of benzene rings is 1. The number of pyridine rings is 1. The fourth-order valence-corrected chi connectivity index (χ4v) is 6.17. The normalized spacial score (nSPS) is 16.5. The third-order valence-electron chi connectivity index (χ3n) is 6.82. The number of amides is 1. The van der Waals surface area contributed by atoms with Crippen molar-refractivity contribution in [3.63, 3.8) is 0 Å². The lowest BCUT2D eigenvalue weighted by atomic mass is 10.00. The minimum absolute atomic E-state index is 0.0573. The van der Waals surface area contributed by atoms with Gasteiger partial charge in [-0.3, -0.25) is 9.20 Å². The number of hydrogen-bond donors (Lipinski definition) is 1. The fourth-order valence-electron chi connectivity index (χ4n) is 4.32. The SMILES string of the molecule is Cc1ccc(C(=O)NC2CC2)cc1-c1cnn(-c2cnc3ccc(S(=O)(=O)C4CCC4)cn23)c1. The van der Waals surface area contributed by atoms with Crippen molar-refractivity contribution >= 4 is 21.4 Å². The van der Waals surface area contributed by atoms with Crippen LogP contribution in [0.1, 0.15) is 48.0 Å². The predicted molar refractivity (Wildman–Crippen MR) is 128 cm³/mol. The highest BCUT2D eigenvalue weighted by atomic mass is 32.2. The van der Waals surface area contributed by atoms with Gasteiger partial charge in [-0.1, -0.05) is 12.5 Å². The Bertz CT molecular complexity index is 1530. The van der Waals surface area contributed by atoms with Crippen LogP contribution in [-0.2, 0) is 9.84 Å². The summed E-state index contributed by atoms with van der Waals surface area (Å²) >= 11 is 0. The third kappa shape index (κ3) is 3.60. The molecule has 3 aromatic heterocycles. The van der Waals surface area contributed by atoms with Crippen molar-refractivity contribution in [3.8, 4) is 16.9 Å². The Hall–Kier alpha value is -3.46. The summed E-state index contributed by atoms with van der Waals surface area (Å²) < 4.78 is 29.3. The molecule has 8 nitrogen and oxygen atoms in total. The molecular weight excluding hydrogens is 450 g/mol. The van der Waals surface area contributed by atoms with Gasteiger partial charge >= 0.3 is 0 Å². The van der Waals surface area contributed by atoms with E-state index in [0.29, 0.717) is 28.0 Å². The van der Waals surface area contributed by atoms with Crippen LogP contribution in [0.3, 0.4) is 0 Å². The predicted octanol–water partition coefficient (Wildman–Crippen LogP) is 3.71. The van der Waals surface area contributed by atoms with Crippen LogP contribution in [0, 0.1) is 6.92 Å². The smallest absolute Gasteiger partial charge is 0.251 e. The van der Waals surface area contributed by atoms with E-state index in [2.05, 4.69) is 15.4 Å². The van der Waals surface area contributed by atoms with Crippen LogP contribution in [-0.4, -0.2) is 44.8 Å². The van der Waals surface area contributed by atoms with E-state index in [1.54, 1.807) is 39.8 Å². The molecule has 2 aliphatic carbocycles. The largest absolute Gasteiger partial charge is 0.349 e. The lowest BCUT2D eigenvalue weighted by molar-refractivity contribution is 0.0951. The second-order valence-corrected chi connectivity index (χ2v) is 11.5. The number of aryl methyl sites for hydroxylation is 1. The van der Waals surface area contributed by atoms with Crippen LogP contribution in [0.4, 0.5) is 0 Å². The maximum Gasteiger partial charge on any atom is 0.251 e. The highest BCUT2D eigenvalue weighted by Crippen LogP contribution is 2.32. The van der Waals surface area contributed by atoms with Crippen molar-refractivity contribution in [2.75, 3.05) is 0 Å². The number of aromatic nitrogens is 4. The molecule has 1 aromatic carbocycles. The molecule has 3 heterocycles. The summed E-state index contributed by atoms with van der Waals surface area (Å²) in [5.41, 5.74) is 4.11. The summed E-state index contributed by atoms with van der Waals surface area (Å²) in [4.78, 5) is 17.3. The molecular formula is C25H25N5O3S. The van der Waals surface area contributed by atoms with Crippen LogP contribution in [0.2, 0.25) is 0 Å². The first-order valence-corrected chi connectivity index (χ1v) is 13.1. The van der Waals surface area contributed by atoms with Gasteiger partial charge in [-0.15, -0.1) is 0 Å². The molecule has 0 aliphatic heterocycles. The minimum Gasteiger partial charge on any atom is -0.349 e. The zero-order chi connectivity index (χ0) is 23.4. The number of carbonyl (C=O) groups excluding carboxylic acids is 1. The van der Waals surface area contributed by atoms with Crippen molar-refractivity contribution in [1.82, 2.24) is 24.5 Å². The molecule has 0 spiro atoms. The number of hydrogen-bond acceptors (Lipinski definition) is 5. The van der Waals surface area contributed by atoms with Gasteiger partial charge in [0.25, 0.3) is 5.91 Å². The van der Waals surface area contributed by atoms with Crippen LogP contribution >= 0.6 is 0 Å². The van der Waals surface area contributed by atoms with Gasteiger partial charge in [-0.2, -0.15) is 5.10 Å². The number of imidazole rings is 1. The highest BCUT2D eigenvalue weighted by molar-refractivity contribution is 7.92. The molecule has 0 saturated heterocycles. The highest BCUT2D eigenvalue weighted by Gasteiger charge is 2.33. The maximum absolute atomic E-state index is 12.9. The summed E-state index contributed by atoms with van der Waals surface area (Å²) in [5.74, 6) is 0.588. The van der Waals surface area contributed by atoms with Crippen LogP contribution in [0.5, 0.6) is 0 Å². The van der Waals surface area contributed by atoms with Crippen LogP contribution in [0.25, 0.3) is 22.6 Å². The van der Waals surface area contributed by atoms with Crippen molar-refractivity contribution in [2.24, 2.45) is 0 Å². The molecule has 1 amide bonds. The van der Waals surface area contributed by atoms with E-state index in [1.165, 1.54) is 0 Å². The molecule has 0 unspecified atom stereocenters. The lowest BCUT2D eigenvalue weighted by Crippen LogP contribution is -2.28.